The van der Waals surface area contributed by atoms with Gasteiger partial charge in [0.2, 0.25) is 0 Å². The molecule has 1 aliphatic heterocycles. The summed E-state index contributed by atoms with van der Waals surface area (Å²) >= 11 is 6.25. The van der Waals surface area contributed by atoms with Gasteiger partial charge < -0.3 is 11.2 Å². The van der Waals surface area contributed by atoms with Crippen LogP contribution in [0.25, 0.3) is 11.0 Å². The molecule has 3 aromatic heterocycles. The lowest BCUT2D eigenvalue weighted by molar-refractivity contribution is 0.292. The normalized spacial score (nSPS) is 18.9. The van der Waals surface area contributed by atoms with Crippen molar-refractivity contribution in [2.45, 2.75) is 31.8 Å². The molecule has 0 amide bonds. The molecule has 30 heavy (non-hydrogen) atoms. The molecule has 2 atom stereocenters. The minimum absolute atomic E-state index is 0.186. The number of benzene rings is 1. The molecule has 1 aliphatic rings. The number of anilines is 2. The Labute approximate surface area is 178 Å². The van der Waals surface area contributed by atoms with Crippen molar-refractivity contribution in [3.8, 4) is 0 Å². The summed E-state index contributed by atoms with van der Waals surface area (Å²) in [6.45, 7) is 4.16. The smallest absolute Gasteiger partial charge is 0.163 e. The fraction of sp³-hybridized carbons (Fsp3) is 0.238. The number of nitrogens with one attached hydrogen (secondary N) is 2. The van der Waals surface area contributed by atoms with Crippen molar-refractivity contribution in [2.24, 2.45) is 0 Å². The Morgan fingerprint density at radius 3 is 2.90 bits per heavy atom. The van der Waals surface area contributed by atoms with E-state index in [0.717, 1.165) is 34.3 Å². The highest BCUT2D eigenvalue weighted by atomic mass is 35.5. The molecule has 0 fully saturated rings. The lowest BCUT2D eigenvalue weighted by Gasteiger charge is -2.36. The molecule has 0 bridgehead atoms. The molecule has 0 aliphatic carbocycles. The first-order chi connectivity index (χ1) is 14.6. The molecule has 5 rings (SSSR count). The zero-order valence-corrected chi connectivity index (χ0v) is 17.4. The van der Waals surface area contributed by atoms with Crippen molar-refractivity contribution in [3.05, 3.63) is 70.9 Å². The molecule has 0 spiro atoms. The number of rotatable bonds is 4. The van der Waals surface area contributed by atoms with Crippen LogP contribution in [-0.2, 0) is 12.0 Å². The van der Waals surface area contributed by atoms with Gasteiger partial charge in [0.25, 0.3) is 0 Å². The quantitative estimate of drug-likeness (QED) is 0.464. The zero-order valence-electron chi connectivity index (χ0n) is 16.6. The van der Waals surface area contributed by atoms with E-state index in [1.807, 2.05) is 42.1 Å². The number of hydrogen-bond donors (Lipinski definition) is 3. The molecule has 4 heterocycles. The summed E-state index contributed by atoms with van der Waals surface area (Å²) in [5.74, 6) is 0.440. The molecule has 4 aromatic rings. The van der Waals surface area contributed by atoms with E-state index in [4.69, 9.17) is 22.4 Å². The van der Waals surface area contributed by atoms with Crippen molar-refractivity contribution in [3.63, 3.8) is 0 Å². The largest absolute Gasteiger partial charge is 0.383 e. The molecule has 1 aromatic carbocycles. The number of aromatic nitrogens is 5. The number of nitrogen functional groups attached to an aromatic ring is 1. The first kappa shape index (κ1) is 18.8. The van der Waals surface area contributed by atoms with E-state index in [2.05, 4.69) is 38.8 Å². The van der Waals surface area contributed by atoms with Crippen LogP contribution in [0.15, 0.2) is 49.1 Å². The second-order valence-electron chi connectivity index (χ2n) is 7.37. The van der Waals surface area contributed by atoms with Gasteiger partial charge in [-0.1, -0.05) is 30.7 Å². The molecule has 152 valence electrons. The van der Waals surface area contributed by atoms with E-state index in [-0.39, 0.29) is 6.04 Å². The van der Waals surface area contributed by atoms with Crippen LogP contribution in [0.4, 0.5) is 11.5 Å². The van der Waals surface area contributed by atoms with Gasteiger partial charge in [0.05, 0.1) is 22.8 Å². The average molecular weight is 421 g/mol. The summed E-state index contributed by atoms with van der Waals surface area (Å²) in [4.78, 5) is 13.1. The standard InChI is InChI=1S/C21H21ClN8/c1-3-16-18-19(23)25-11-26-20(18)30(28-16)12(2)21(13-5-4-8-24-10-13)15-7-6-14(22)9-17(15)27-29-21/h4-12,27,29H,3H2,1-2H3,(H2,23,25,26). The van der Waals surface area contributed by atoms with Crippen LogP contribution in [0.1, 0.15) is 36.7 Å². The summed E-state index contributed by atoms with van der Waals surface area (Å²) in [5.41, 5.74) is 16.9. The van der Waals surface area contributed by atoms with Gasteiger partial charge in [0, 0.05) is 23.0 Å². The fourth-order valence-corrected chi connectivity index (χ4v) is 4.53. The second-order valence-corrected chi connectivity index (χ2v) is 7.80. The number of hydrogen-bond acceptors (Lipinski definition) is 7. The van der Waals surface area contributed by atoms with Crippen LogP contribution in [0.5, 0.6) is 0 Å². The molecule has 2 unspecified atom stereocenters. The molecule has 0 radical (unpaired) electrons. The first-order valence-corrected chi connectivity index (χ1v) is 10.1. The Kier molecular flexibility index (Phi) is 4.34. The van der Waals surface area contributed by atoms with E-state index in [1.165, 1.54) is 6.33 Å². The minimum atomic E-state index is -0.655. The molecular weight excluding hydrogens is 400 g/mol. The van der Waals surface area contributed by atoms with Crippen LogP contribution in [0.3, 0.4) is 0 Å². The molecule has 0 saturated carbocycles. The fourth-order valence-electron chi connectivity index (χ4n) is 4.36. The Balaban J connectivity index is 1.78. The van der Waals surface area contributed by atoms with Gasteiger partial charge in [0.1, 0.15) is 17.7 Å². The average Bonchev–Trinajstić information content (AvgIpc) is 3.34. The molecule has 0 saturated heterocycles. The Morgan fingerprint density at radius 1 is 1.27 bits per heavy atom. The maximum absolute atomic E-state index is 6.25. The minimum Gasteiger partial charge on any atom is -0.383 e. The van der Waals surface area contributed by atoms with Crippen LogP contribution >= 0.6 is 11.6 Å². The highest BCUT2D eigenvalue weighted by Crippen LogP contribution is 2.47. The molecule has 4 N–H and O–H groups in total. The lowest BCUT2D eigenvalue weighted by Crippen LogP contribution is -2.47. The third kappa shape index (κ3) is 2.57. The number of halogens is 1. The number of hydrazine groups is 1. The van der Waals surface area contributed by atoms with Crippen LogP contribution < -0.4 is 16.6 Å². The lowest BCUT2D eigenvalue weighted by atomic mass is 9.79. The summed E-state index contributed by atoms with van der Waals surface area (Å²) in [7, 11) is 0. The highest BCUT2D eigenvalue weighted by Gasteiger charge is 2.47. The van der Waals surface area contributed by atoms with E-state index in [9.17, 15) is 0 Å². The van der Waals surface area contributed by atoms with Gasteiger partial charge in [-0.2, -0.15) is 5.10 Å². The van der Waals surface area contributed by atoms with Crippen molar-refractivity contribution in [1.82, 2.24) is 30.2 Å². The van der Waals surface area contributed by atoms with Crippen molar-refractivity contribution in [1.29, 1.82) is 0 Å². The van der Waals surface area contributed by atoms with Gasteiger partial charge >= 0.3 is 0 Å². The van der Waals surface area contributed by atoms with E-state index in [0.29, 0.717) is 16.5 Å². The second kappa shape index (κ2) is 6.93. The van der Waals surface area contributed by atoms with Gasteiger partial charge in [-0.15, -0.1) is 0 Å². The number of aryl methyl sites for hydroxylation is 1. The van der Waals surface area contributed by atoms with Crippen LogP contribution in [0, 0.1) is 0 Å². The number of nitrogens with zero attached hydrogens (tertiary/aromatic N) is 5. The van der Waals surface area contributed by atoms with Crippen LogP contribution in [-0.4, -0.2) is 24.7 Å². The Hall–Kier alpha value is -3.23. The summed E-state index contributed by atoms with van der Waals surface area (Å²) in [6, 6.07) is 9.63. The maximum atomic E-state index is 6.25. The third-order valence-electron chi connectivity index (χ3n) is 5.84. The topological polar surface area (TPSA) is 107 Å². The van der Waals surface area contributed by atoms with Crippen molar-refractivity contribution >= 4 is 34.1 Å². The van der Waals surface area contributed by atoms with Gasteiger partial charge in [0.15, 0.2) is 5.65 Å². The summed E-state index contributed by atoms with van der Waals surface area (Å²) in [5, 5.41) is 6.36. The molecule has 8 nitrogen and oxygen atoms in total. The van der Waals surface area contributed by atoms with Crippen molar-refractivity contribution < 1.29 is 0 Å². The van der Waals surface area contributed by atoms with E-state index in [1.54, 1.807) is 6.20 Å². The van der Waals surface area contributed by atoms with Crippen LogP contribution in [0.2, 0.25) is 5.02 Å². The van der Waals surface area contributed by atoms with E-state index < -0.39 is 5.54 Å². The summed E-state index contributed by atoms with van der Waals surface area (Å²) < 4.78 is 1.93. The monoisotopic (exact) mass is 420 g/mol. The van der Waals surface area contributed by atoms with Gasteiger partial charge in [-0.3, -0.25) is 4.98 Å². The number of fused-ring (bicyclic) bond motifs is 2. The van der Waals surface area contributed by atoms with Gasteiger partial charge in [-0.05, 0) is 37.1 Å². The maximum Gasteiger partial charge on any atom is 0.163 e. The molecule has 9 heteroatoms. The SMILES string of the molecule is CCc1nn(C(C)C2(c3cccnc3)NNc3cc(Cl)ccc32)c2ncnc(N)c12. The third-order valence-corrected chi connectivity index (χ3v) is 6.07. The predicted molar refractivity (Wildman–Crippen MR) is 117 cm³/mol. The highest BCUT2D eigenvalue weighted by molar-refractivity contribution is 6.30. The van der Waals surface area contributed by atoms with Crippen molar-refractivity contribution in [2.75, 3.05) is 11.2 Å². The zero-order chi connectivity index (χ0) is 20.9. The molecular formula is C21H21ClN8. The first-order valence-electron chi connectivity index (χ1n) is 9.77. The van der Waals surface area contributed by atoms with Gasteiger partial charge in [-0.25, -0.2) is 20.1 Å². The Bertz CT molecular complexity index is 1240. The summed E-state index contributed by atoms with van der Waals surface area (Å²) in [6.07, 6.45) is 5.84. The predicted octanol–water partition coefficient (Wildman–Crippen LogP) is 3.45. The van der Waals surface area contributed by atoms with E-state index >= 15 is 0 Å². The Morgan fingerprint density at radius 2 is 2.13 bits per heavy atom. The number of pyridine rings is 1. The number of nitrogens with two attached hydrogens (primary N) is 1.